The molecule has 0 bridgehead atoms. The van der Waals surface area contributed by atoms with Gasteiger partial charge in [-0.1, -0.05) is 29.8 Å². The van der Waals surface area contributed by atoms with E-state index in [9.17, 15) is 9.59 Å². The average Bonchev–Trinajstić information content (AvgIpc) is 2.77. The number of nitrogens with one attached hydrogen (secondary N) is 2. The second-order valence-electron chi connectivity index (χ2n) is 4.65. The van der Waals surface area contributed by atoms with Crippen molar-refractivity contribution >= 4 is 34.9 Å². The van der Waals surface area contributed by atoms with Crippen LogP contribution in [0, 0.1) is 0 Å². The molecule has 0 radical (unpaired) electrons. The molecule has 0 aliphatic carbocycles. The molecule has 1 amide bonds. The van der Waals surface area contributed by atoms with Gasteiger partial charge in [0.15, 0.2) is 0 Å². The van der Waals surface area contributed by atoms with Gasteiger partial charge in [0.25, 0.3) is 5.91 Å². The van der Waals surface area contributed by atoms with Gasteiger partial charge in [-0.05, 0) is 24.3 Å². The van der Waals surface area contributed by atoms with Crippen LogP contribution in [0.5, 0.6) is 0 Å². The fourth-order valence-electron chi connectivity index (χ4n) is 2.30. The van der Waals surface area contributed by atoms with Crippen LogP contribution in [0.25, 0.3) is 0 Å². The van der Waals surface area contributed by atoms with Crippen molar-refractivity contribution in [3.8, 4) is 0 Å². The standard InChI is InChI=1S/C15H11ClN2O3/c16-11-6-5-8(7-10(11)15(20)21)17-13-9-3-1-2-4-12(9)18-14(13)19/h1-7,13,17H,(H,18,19)(H,20,21). The van der Waals surface area contributed by atoms with Gasteiger partial charge in [0, 0.05) is 16.9 Å². The van der Waals surface area contributed by atoms with Crippen LogP contribution in [-0.4, -0.2) is 17.0 Å². The van der Waals surface area contributed by atoms with E-state index < -0.39 is 12.0 Å². The van der Waals surface area contributed by atoms with Crippen LogP contribution in [0.1, 0.15) is 22.0 Å². The van der Waals surface area contributed by atoms with Crippen molar-refractivity contribution in [3.63, 3.8) is 0 Å². The Balaban J connectivity index is 1.92. The lowest BCUT2D eigenvalue weighted by Crippen LogP contribution is -2.19. The van der Waals surface area contributed by atoms with Gasteiger partial charge in [-0.2, -0.15) is 0 Å². The lowest BCUT2D eigenvalue weighted by Gasteiger charge is -2.14. The van der Waals surface area contributed by atoms with E-state index in [1.165, 1.54) is 12.1 Å². The number of halogens is 1. The van der Waals surface area contributed by atoms with E-state index in [0.717, 1.165) is 11.3 Å². The smallest absolute Gasteiger partial charge is 0.337 e. The van der Waals surface area contributed by atoms with E-state index in [1.54, 1.807) is 6.07 Å². The third-order valence-corrected chi connectivity index (χ3v) is 3.63. The number of fused-ring (bicyclic) bond motifs is 1. The fourth-order valence-corrected chi connectivity index (χ4v) is 2.50. The van der Waals surface area contributed by atoms with E-state index in [1.807, 2.05) is 24.3 Å². The molecule has 1 unspecified atom stereocenters. The lowest BCUT2D eigenvalue weighted by atomic mass is 10.1. The van der Waals surface area contributed by atoms with Crippen molar-refractivity contribution < 1.29 is 14.7 Å². The Morgan fingerprint density at radius 3 is 2.76 bits per heavy atom. The summed E-state index contributed by atoms with van der Waals surface area (Å²) in [6, 6.07) is 11.3. The van der Waals surface area contributed by atoms with Gasteiger partial charge in [0.05, 0.1) is 10.6 Å². The molecule has 1 aliphatic rings. The third kappa shape index (κ3) is 2.43. The number of carboxylic acids is 1. The first-order chi connectivity index (χ1) is 10.1. The molecular formula is C15H11ClN2O3. The van der Waals surface area contributed by atoms with Crippen LogP contribution in [0.2, 0.25) is 5.02 Å². The van der Waals surface area contributed by atoms with Gasteiger partial charge in [-0.3, -0.25) is 4.79 Å². The van der Waals surface area contributed by atoms with Crippen molar-refractivity contribution in [1.29, 1.82) is 0 Å². The average molecular weight is 303 g/mol. The van der Waals surface area contributed by atoms with Crippen molar-refractivity contribution in [3.05, 3.63) is 58.6 Å². The van der Waals surface area contributed by atoms with Crippen LogP contribution in [0.15, 0.2) is 42.5 Å². The molecule has 1 heterocycles. The van der Waals surface area contributed by atoms with Gasteiger partial charge in [0.1, 0.15) is 6.04 Å². The first-order valence-electron chi connectivity index (χ1n) is 6.25. The first-order valence-corrected chi connectivity index (χ1v) is 6.63. The molecular weight excluding hydrogens is 292 g/mol. The highest BCUT2D eigenvalue weighted by atomic mass is 35.5. The molecule has 0 spiro atoms. The summed E-state index contributed by atoms with van der Waals surface area (Å²) in [5.41, 5.74) is 2.10. The number of amides is 1. The molecule has 21 heavy (non-hydrogen) atoms. The molecule has 0 fully saturated rings. The zero-order valence-corrected chi connectivity index (χ0v) is 11.5. The molecule has 2 aromatic rings. The maximum atomic E-state index is 12.0. The van der Waals surface area contributed by atoms with Gasteiger partial charge in [-0.15, -0.1) is 0 Å². The number of hydrogen-bond donors (Lipinski definition) is 3. The molecule has 0 saturated heterocycles. The number of para-hydroxylation sites is 1. The van der Waals surface area contributed by atoms with Crippen LogP contribution in [0.3, 0.4) is 0 Å². The first kappa shape index (κ1) is 13.5. The third-order valence-electron chi connectivity index (χ3n) is 3.30. The number of carbonyl (C=O) groups excluding carboxylic acids is 1. The SMILES string of the molecule is O=C(O)c1cc(NC2C(=O)Nc3ccccc32)ccc1Cl. The Hall–Kier alpha value is -2.53. The van der Waals surface area contributed by atoms with Crippen LogP contribution in [0.4, 0.5) is 11.4 Å². The van der Waals surface area contributed by atoms with Crippen molar-refractivity contribution in [2.75, 3.05) is 10.6 Å². The van der Waals surface area contributed by atoms with Gasteiger partial charge < -0.3 is 15.7 Å². The molecule has 1 atom stereocenters. The zero-order valence-electron chi connectivity index (χ0n) is 10.8. The molecule has 2 aromatic carbocycles. The van der Waals surface area contributed by atoms with Crippen molar-refractivity contribution in [2.24, 2.45) is 0 Å². The normalized spacial score (nSPS) is 16.2. The summed E-state index contributed by atoms with van der Waals surface area (Å²) in [5, 5.41) is 15.0. The highest BCUT2D eigenvalue weighted by molar-refractivity contribution is 6.33. The lowest BCUT2D eigenvalue weighted by molar-refractivity contribution is -0.116. The largest absolute Gasteiger partial charge is 0.478 e. The second-order valence-corrected chi connectivity index (χ2v) is 5.06. The topological polar surface area (TPSA) is 78.4 Å². The Morgan fingerprint density at radius 2 is 2.00 bits per heavy atom. The van der Waals surface area contributed by atoms with Gasteiger partial charge in [-0.25, -0.2) is 4.79 Å². The van der Waals surface area contributed by atoms with E-state index in [0.29, 0.717) is 5.69 Å². The Bertz CT molecular complexity index is 745. The van der Waals surface area contributed by atoms with Gasteiger partial charge >= 0.3 is 5.97 Å². The van der Waals surface area contributed by atoms with Crippen molar-refractivity contribution in [1.82, 2.24) is 0 Å². The predicted octanol–water partition coefficient (Wildman–Crippen LogP) is 3.14. The van der Waals surface area contributed by atoms with E-state index >= 15 is 0 Å². The summed E-state index contributed by atoms with van der Waals surface area (Å²) in [7, 11) is 0. The monoisotopic (exact) mass is 302 g/mol. The molecule has 0 saturated carbocycles. The Kier molecular flexibility index (Phi) is 3.27. The molecule has 5 nitrogen and oxygen atoms in total. The summed E-state index contributed by atoms with van der Waals surface area (Å²) < 4.78 is 0. The fraction of sp³-hybridized carbons (Fsp3) is 0.0667. The highest BCUT2D eigenvalue weighted by Crippen LogP contribution is 2.33. The molecule has 3 N–H and O–H groups in total. The van der Waals surface area contributed by atoms with Crippen LogP contribution >= 0.6 is 11.6 Å². The molecule has 3 rings (SSSR count). The Morgan fingerprint density at radius 1 is 1.24 bits per heavy atom. The quantitative estimate of drug-likeness (QED) is 0.814. The summed E-state index contributed by atoms with van der Waals surface area (Å²) in [6.07, 6.45) is 0. The zero-order chi connectivity index (χ0) is 15.0. The van der Waals surface area contributed by atoms with E-state index in [-0.39, 0.29) is 16.5 Å². The summed E-state index contributed by atoms with van der Waals surface area (Å²) >= 11 is 5.83. The van der Waals surface area contributed by atoms with Gasteiger partial charge in [0.2, 0.25) is 0 Å². The number of carbonyl (C=O) groups is 2. The molecule has 0 aromatic heterocycles. The Labute approximate surface area is 125 Å². The number of carboxylic acid groups (broad SMARTS) is 1. The van der Waals surface area contributed by atoms with E-state index in [2.05, 4.69) is 10.6 Å². The molecule has 106 valence electrons. The number of rotatable bonds is 3. The minimum atomic E-state index is -1.11. The minimum Gasteiger partial charge on any atom is -0.478 e. The number of anilines is 2. The van der Waals surface area contributed by atoms with E-state index in [4.69, 9.17) is 16.7 Å². The minimum absolute atomic E-state index is 0.00615. The van der Waals surface area contributed by atoms with Crippen LogP contribution < -0.4 is 10.6 Å². The molecule has 6 heteroatoms. The van der Waals surface area contributed by atoms with Crippen LogP contribution in [-0.2, 0) is 4.79 Å². The maximum Gasteiger partial charge on any atom is 0.337 e. The summed E-state index contributed by atoms with van der Waals surface area (Å²) in [6.45, 7) is 0. The predicted molar refractivity (Wildman–Crippen MR) is 79.8 cm³/mol. The number of benzene rings is 2. The van der Waals surface area contributed by atoms with Crippen molar-refractivity contribution in [2.45, 2.75) is 6.04 Å². The summed E-state index contributed by atoms with van der Waals surface area (Å²) in [5.74, 6) is -1.29. The highest BCUT2D eigenvalue weighted by Gasteiger charge is 2.30. The number of aromatic carboxylic acids is 1. The molecule has 1 aliphatic heterocycles. The number of hydrogen-bond acceptors (Lipinski definition) is 3. The maximum absolute atomic E-state index is 12.0. The summed E-state index contributed by atoms with van der Waals surface area (Å²) in [4.78, 5) is 23.1. The second kappa shape index (κ2) is 5.10.